The van der Waals surface area contributed by atoms with Crippen LogP contribution in [0.25, 0.3) is 0 Å². The summed E-state index contributed by atoms with van der Waals surface area (Å²) in [5.41, 5.74) is 2.18. The van der Waals surface area contributed by atoms with Crippen molar-refractivity contribution in [2.75, 3.05) is 18.5 Å². The van der Waals surface area contributed by atoms with Gasteiger partial charge in [0.25, 0.3) is 0 Å². The molecule has 0 atom stereocenters. The number of anilines is 1. The van der Waals surface area contributed by atoms with Crippen molar-refractivity contribution in [2.24, 2.45) is 0 Å². The van der Waals surface area contributed by atoms with Crippen LogP contribution >= 0.6 is 0 Å². The van der Waals surface area contributed by atoms with Crippen molar-refractivity contribution in [2.45, 2.75) is 11.4 Å². The van der Waals surface area contributed by atoms with Crippen molar-refractivity contribution in [3.63, 3.8) is 0 Å². The molecule has 0 aliphatic carbocycles. The molecule has 3 aromatic rings. The van der Waals surface area contributed by atoms with E-state index in [4.69, 9.17) is 6.42 Å². The Hall–Kier alpha value is -3.40. The van der Waals surface area contributed by atoms with E-state index in [9.17, 15) is 13.2 Å². The summed E-state index contributed by atoms with van der Waals surface area (Å²) in [4.78, 5) is 14.9. The lowest BCUT2D eigenvalue weighted by molar-refractivity contribution is -0.118. The Morgan fingerprint density at radius 3 is 2.20 bits per heavy atom. The average molecular weight is 419 g/mol. The molecule has 0 aliphatic rings. The summed E-state index contributed by atoms with van der Waals surface area (Å²) in [6, 6.07) is 24.6. The molecule has 6 heteroatoms. The minimum absolute atomic E-state index is 0.143. The summed E-state index contributed by atoms with van der Waals surface area (Å²) in [7, 11) is -2.38. The number of carbonyl (C=O) groups is 1. The first-order valence-electron chi connectivity index (χ1n) is 9.34. The zero-order chi connectivity index (χ0) is 21.6. The Morgan fingerprint density at radius 2 is 1.57 bits per heavy atom. The van der Waals surface area contributed by atoms with Crippen molar-refractivity contribution in [3.8, 4) is 12.3 Å². The molecule has 5 nitrogen and oxygen atoms in total. The number of hydrogen-bond acceptors (Lipinski definition) is 3. The van der Waals surface area contributed by atoms with Crippen LogP contribution in [0.2, 0.25) is 0 Å². The third kappa shape index (κ3) is 4.95. The van der Waals surface area contributed by atoms with Crippen LogP contribution in [0.4, 0.5) is 5.69 Å². The second-order valence-electron chi connectivity index (χ2n) is 6.73. The molecule has 0 radical (unpaired) electrons. The fraction of sp³-hybridized carbons (Fsp3) is 0.125. The lowest BCUT2D eigenvalue weighted by Crippen LogP contribution is -2.41. The molecule has 0 saturated heterocycles. The Labute approximate surface area is 177 Å². The second kappa shape index (κ2) is 9.40. The fourth-order valence-corrected chi connectivity index (χ4v) is 4.13. The Kier molecular flexibility index (Phi) is 6.68. The minimum atomic E-state index is -3.78. The van der Waals surface area contributed by atoms with Gasteiger partial charge >= 0.3 is 0 Å². The number of nitrogens with zero attached hydrogens (tertiary/aromatic N) is 2. The second-order valence-corrected chi connectivity index (χ2v) is 8.78. The van der Waals surface area contributed by atoms with Gasteiger partial charge in [0.05, 0.1) is 18.0 Å². The number of benzene rings is 3. The number of hydrogen-bond donors (Lipinski definition) is 0. The number of rotatable bonds is 7. The summed E-state index contributed by atoms with van der Waals surface area (Å²) < 4.78 is 26.7. The number of terminal acetylenes is 1. The maximum absolute atomic E-state index is 13.2. The van der Waals surface area contributed by atoms with E-state index in [1.54, 1.807) is 47.4 Å². The van der Waals surface area contributed by atoms with Crippen molar-refractivity contribution in [1.29, 1.82) is 0 Å². The molecule has 152 valence electrons. The number of sulfonamides is 1. The Bertz CT molecular complexity index is 1150. The Balaban J connectivity index is 1.89. The summed E-state index contributed by atoms with van der Waals surface area (Å²) >= 11 is 0. The molecule has 0 aliphatic heterocycles. The lowest BCUT2D eigenvalue weighted by Gasteiger charge is -2.26. The molecule has 3 aromatic carbocycles. The normalized spacial score (nSPS) is 11.1. The summed E-state index contributed by atoms with van der Waals surface area (Å²) in [5.74, 6) is 2.22. The molecule has 0 heterocycles. The highest BCUT2D eigenvalue weighted by Gasteiger charge is 2.26. The van der Waals surface area contributed by atoms with Gasteiger partial charge in [-0.1, -0.05) is 60.5 Å². The molecule has 0 fully saturated rings. The topological polar surface area (TPSA) is 57.7 Å². The van der Waals surface area contributed by atoms with Crippen LogP contribution in [0.1, 0.15) is 11.1 Å². The number of carbonyl (C=O) groups excluding carboxylic acids is 1. The first-order chi connectivity index (χ1) is 14.4. The van der Waals surface area contributed by atoms with Gasteiger partial charge in [-0.25, -0.2) is 8.42 Å². The largest absolute Gasteiger partial charge is 0.307 e. The van der Waals surface area contributed by atoms with Crippen LogP contribution in [0.3, 0.4) is 0 Å². The van der Waals surface area contributed by atoms with Gasteiger partial charge in [-0.15, -0.1) is 6.42 Å². The molecule has 1 amide bonds. The third-order valence-corrected chi connectivity index (χ3v) is 6.44. The molecule has 0 N–H and O–H groups in total. The van der Waals surface area contributed by atoms with Crippen LogP contribution in [0.15, 0.2) is 89.8 Å². The van der Waals surface area contributed by atoms with E-state index in [1.807, 2.05) is 30.3 Å². The van der Waals surface area contributed by atoms with Gasteiger partial charge in [0.15, 0.2) is 0 Å². The van der Waals surface area contributed by atoms with Crippen molar-refractivity contribution in [1.82, 2.24) is 4.31 Å². The number of amides is 1. The van der Waals surface area contributed by atoms with Gasteiger partial charge < -0.3 is 4.90 Å². The van der Waals surface area contributed by atoms with E-state index < -0.39 is 10.0 Å². The molecular formula is C24H22N2O3S. The van der Waals surface area contributed by atoms with Crippen molar-refractivity contribution < 1.29 is 13.2 Å². The van der Waals surface area contributed by atoms with Gasteiger partial charge in [-0.2, -0.15) is 4.31 Å². The lowest BCUT2D eigenvalue weighted by atomic mass is 10.1. The smallest absolute Gasteiger partial charge is 0.243 e. The van der Waals surface area contributed by atoms with Gasteiger partial charge in [0, 0.05) is 18.3 Å². The Morgan fingerprint density at radius 1 is 0.933 bits per heavy atom. The molecule has 30 heavy (non-hydrogen) atoms. The summed E-state index contributed by atoms with van der Waals surface area (Å²) in [6.07, 6.45) is 5.51. The maximum atomic E-state index is 13.2. The van der Waals surface area contributed by atoms with E-state index >= 15 is 0 Å². The quantitative estimate of drug-likeness (QED) is 0.552. The molecule has 0 saturated carbocycles. The molecule has 0 unspecified atom stereocenters. The first-order valence-corrected chi connectivity index (χ1v) is 10.8. The van der Waals surface area contributed by atoms with Crippen LogP contribution in [0, 0.1) is 12.3 Å². The monoisotopic (exact) mass is 418 g/mol. The highest BCUT2D eigenvalue weighted by atomic mass is 32.2. The highest BCUT2D eigenvalue weighted by Crippen LogP contribution is 2.21. The molecule has 0 spiro atoms. The van der Waals surface area contributed by atoms with Crippen molar-refractivity contribution >= 4 is 21.6 Å². The van der Waals surface area contributed by atoms with Crippen molar-refractivity contribution in [3.05, 3.63) is 96.1 Å². The standard InChI is InChI=1S/C24H22N2O3S/c1-3-20-13-10-14-22(17-20)26(18-21-11-6-4-7-12-21)24(27)19-25(2)30(28,29)23-15-8-5-9-16-23/h1,4-17H,18-19H2,2H3. The van der Waals surface area contributed by atoms with Gasteiger partial charge in [0.2, 0.25) is 15.9 Å². The SMILES string of the molecule is C#Cc1cccc(N(Cc2ccccc2)C(=O)CN(C)S(=O)(=O)c2ccccc2)c1. The van der Waals surface area contributed by atoms with E-state index in [1.165, 1.54) is 19.2 Å². The van der Waals surface area contributed by atoms with E-state index in [-0.39, 0.29) is 17.3 Å². The number of likely N-dealkylation sites (N-methyl/N-ethyl adjacent to an activating group) is 1. The zero-order valence-electron chi connectivity index (χ0n) is 16.6. The van der Waals surface area contributed by atoms with Crippen LogP contribution in [-0.2, 0) is 21.4 Å². The first kappa shape index (κ1) is 21.3. The third-order valence-electron chi connectivity index (χ3n) is 4.62. The zero-order valence-corrected chi connectivity index (χ0v) is 17.4. The summed E-state index contributed by atoms with van der Waals surface area (Å²) in [6.45, 7) is -0.00271. The summed E-state index contributed by atoms with van der Waals surface area (Å²) in [5, 5.41) is 0. The van der Waals surface area contributed by atoms with Crippen LogP contribution in [-0.4, -0.2) is 32.2 Å². The van der Waals surface area contributed by atoms with E-state index in [0.29, 0.717) is 17.8 Å². The highest BCUT2D eigenvalue weighted by molar-refractivity contribution is 7.89. The maximum Gasteiger partial charge on any atom is 0.243 e. The predicted octanol–water partition coefficient (Wildman–Crippen LogP) is 3.52. The average Bonchev–Trinajstić information content (AvgIpc) is 2.78. The van der Waals surface area contributed by atoms with Gasteiger partial charge in [-0.05, 0) is 35.9 Å². The van der Waals surface area contributed by atoms with Crippen LogP contribution < -0.4 is 4.90 Å². The predicted molar refractivity (Wildman–Crippen MR) is 118 cm³/mol. The molecule has 3 rings (SSSR count). The van der Waals surface area contributed by atoms with Gasteiger partial charge in [-0.3, -0.25) is 4.79 Å². The van der Waals surface area contributed by atoms with E-state index in [0.717, 1.165) is 9.87 Å². The fourth-order valence-electron chi connectivity index (χ4n) is 2.99. The van der Waals surface area contributed by atoms with Crippen LogP contribution in [0.5, 0.6) is 0 Å². The van der Waals surface area contributed by atoms with E-state index in [2.05, 4.69) is 5.92 Å². The molecule has 0 bridgehead atoms. The molecular weight excluding hydrogens is 396 g/mol. The molecule has 0 aromatic heterocycles. The minimum Gasteiger partial charge on any atom is -0.307 e. The van der Waals surface area contributed by atoms with Gasteiger partial charge in [0.1, 0.15) is 0 Å².